The van der Waals surface area contributed by atoms with E-state index in [1.165, 1.54) is 23.5 Å². The molecular weight excluding hydrogens is 340 g/mol. The van der Waals surface area contributed by atoms with Gasteiger partial charge in [-0.25, -0.2) is 8.42 Å². The Bertz CT molecular complexity index is 846. The van der Waals surface area contributed by atoms with Crippen molar-refractivity contribution in [1.29, 1.82) is 0 Å². The fourth-order valence-corrected chi connectivity index (χ4v) is 3.92. The molecule has 25 heavy (non-hydrogen) atoms. The molecule has 0 radical (unpaired) electrons. The van der Waals surface area contributed by atoms with Gasteiger partial charge >= 0.3 is 0 Å². The lowest BCUT2D eigenvalue weighted by atomic mass is 10.2. The number of anilines is 1. The van der Waals surface area contributed by atoms with Crippen LogP contribution in [-0.2, 0) is 14.8 Å². The Labute approximate surface area is 147 Å². The number of ether oxygens (including phenoxy) is 1. The Hall–Kier alpha value is -2.38. The van der Waals surface area contributed by atoms with Gasteiger partial charge in [-0.05, 0) is 30.3 Å². The number of sulfonamides is 1. The molecule has 7 heteroatoms. The first-order chi connectivity index (χ1) is 12.0. The van der Waals surface area contributed by atoms with E-state index in [9.17, 15) is 13.2 Å². The fourth-order valence-electron chi connectivity index (χ4n) is 2.67. The Morgan fingerprint density at radius 2 is 1.72 bits per heavy atom. The van der Waals surface area contributed by atoms with Gasteiger partial charge in [0, 0.05) is 25.7 Å². The monoisotopic (exact) mass is 360 g/mol. The zero-order valence-corrected chi connectivity index (χ0v) is 14.8. The van der Waals surface area contributed by atoms with Crippen LogP contribution in [0, 0.1) is 0 Å². The summed E-state index contributed by atoms with van der Waals surface area (Å²) >= 11 is 0. The van der Waals surface area contributed by atoms with Crippen molar-refractivity contribution in [1.82, 2.24) is 4.90 Å². The van der Waals surface area contributed by atoms with Gasteiger partial charge in [0.25, 0.3) is 15.9 Å². The molecule has 1 aliphatic heterocycles. The van der Waals surface area contributed by atoms with Gasteiger partial charge in [-0.2, -0.15) is 0 Å². The largest absolute Gasteiger partial charge is 0.378 e. The summed E-state index contributed by atoms with van der Waals surface area (Å²) in [4.78, 5) is 14.4. The van der Waals surface area contributed by atoms with Crippen LogP contribution in [-0.4, -0.2) is 52.6 Å². The Morgan fingerprint density at radius 3 is 2.40 bits per heavy atom. The molecule has 0 aromatic heterocycles. The highest BCUT2D eigenvalue weighted by Crippen LogP contribution is 2.22. The third-order valence-electron chi connectivity index (χ3n) is 4.16. The van der Waals surface area contributed by atoms with Crippen LogP contribution in [0.4, 0.5) is 5.69 Å². The van der Waals surface area contributed by atoms with Crippen LogP contribution in [0.3, 0.4) is 0 Å². The van der Waals surface area contributed by atoms with Crippen molar-refractivity contribution < 1.29 is 17.9 Å². The molecule has 0 spiro atoms. The van der Waals surface area contributed by atoms with E-state index >= 15 is 0 Å². The van der Waals surface area contributed by atoms with Crippen LogP contribution in [0.25, 0.3) is 0 Å². The van der Waals surface area contributed by atoms with Crippen molar-refractivity contribution in [2.45, 2.75) is 4.90 Å². The lowest BCUT2D eigenvalue weighted by Crippen LogP contribution is -2.40. The number of nitrogens with zero attached hydrogens (tertiary/aromatic N) is 2. The first kappa shape index (κ1) is 17.4. The standard InChI is InChI=1S/C18H20N2O4S/c1-19(16-7-3-2-4-8-16)25(22,23)17-9-5-6-15(14-17)18(21)20-10-12-24-13-11-20/h2-9,14H,10-13H2,1H3. The highest BCUT2D eigenvalue weighted by Gasteiger charge is 2.24. The number of hydrogen-bond donors (Lipinski definition) is 0. The van der Waals surface area contributed by atoms with Crippen molar-refractivity contribution in [3.8, 4) is 0 Å². The number of rotatable bonds is 4. The third-order valence-corrected chi connectivity index (χ3v) is 5.94. The molecule has 1 aliphatic rings. The van der Waals surface area contributed by atoms with Gasteiger partial charge in [0.1, 0.15) is 0 Å². The second-order valence-corrected chi connectivity index (χ2v) is 7.71. The lowest BCUT2D eigenvalue weighted by Gasteiger charge is -2.27. The molecule has 2 aromatic rings. The number of carbonyl (C=O) groups excluding carboxylic acids is 1. The van der Waals surface area contributed by atoms with Gasteiger partial charge in [-0.1, -0.05) is 24.3 Å². The Kier molecular flexibility index (Phi) is 5.06. The van der Waals surface area contributed by atoms with Gasteiger partial charge in [0.05, 0.1) is 23.8 Å². The first-order valence-electron chi connectivity index (χ1n) is 8.01. The van der Waals surface area contributed by atoms with Crippen molar-refractivity contribution >= 4 is 21.6 Å². The second kappa shape index (κ2) is 7.25. The van der Waals surface area contributed by atoms with E-state index in [1.807, 2.05) is 6.07 Å². The highest BCUT2D eigenvalue weighted by molar-refractivity contribution is 7.92. The summed E-state index contributed by atoms with van der Waals surface area (Å²) in [5, 5.41) is 0. The smallest absolute Gasteiger partial charge is 0.264 e. The van der Waals surface area contributed by atoms with E-state index in [1.54, 1.807) is 41.3 Å². The quantitative estimate of drug-likeness (QED) is 0.836. The first-order valence-corrected chi connectivity index (χ1v) is 9.45. The number of morpholine rings is 1. The molecule has 0 N–H and O–H groups in total. The van der Waals surface area contributed by atoms with E-state index in [4.69, 9.17) is 4.74 Å². The van der Waals surface area contributed by atoms with Crippen LogP contribution in [0.1, 0.15) is 10.4 Å². The lowest BCUT2D eigenvalue weighted by molar-refractivity contribution is 0.0302. The molecule has 1 saturated heterocycles. The van der Waals surface area contributed by atoms with Crippen LogP contribution >= 0.6 is 0 Å². The highest BCUT2D eigenvalue weighted by atomic mass is 32.2. The van der Waals surface area contributed by atoms with Crippen molar-refractivity contribution in [2.24, 2.45) is 0 Å². The van der Waals surface area contributed by atoms with Crippen molar-refractivity contribution in [3.05, 3.63) is 60.2 Å². The summed E-state index contributed by atoms with van der Waals surface area (Å²) in [6.07, 6.45) is 0. The molecule has 0 unspecified atom stereocenters. The van der Waals surface area contributed by atoms with Crippen LogP contribution in [0.5, 0.6) is 0 Å². The molecule has 1 heterocycles. The molecule has 1 fully saturated rings. The topological polar surface area (TPSA) is 66.9 Å². The second-order valence-electron chi connectivity index (χ2n) is 5.74. The van der Waals surface area contributed by atoms with Gasteiger partial charge in [0.15, 0.2) is 0 Å². The molecule has 0 bridgehead atoms. The zero-order chi connectivity index (χ0) is 17.9. The van der Waals surface area contributed by atoms with Gasteiger partial charge in [-0.15, -0.1) is 0 Å². The average Bonchev–Trinajstić information content (AvgIpc) is 2.68. The summed E-state index contributed by atoms with van der Waals surface area (Å²) in [5.74, 6) is -0.178. The summed E-state index contributed by atoms with van der Waals surface area (Å²) in [5.41, 5.74) is 0.928. The molecule has 0 aliphatic carbocycles. The van der Waals surface area contributed by atoms with Gasteiger partial charge in [0.2, 0.25) is 0 Å². The number of amides is 1. The molecule has 1 amide bonds. The SMILES string of the molecule is CN(c1ccccc1)S(=O)(=O)c1cccc(C(=O)N2CCOCC2)c1. The molecule has 6 nitrogen and oxygen atoms in total. The third kappa shape index (κ3) is 3.67. The number of carbonyl (C=O) groups is 1. The maximum absolute atomic E-state index is 12.9. The van der Waals surface area contributed by atoms with E-state index in [2.05, 4.69) is 0 Å². The molecule has 0 atom stereocenters. The van der Waals surface area contributed by atoms with Crippen LogP contribution in [0.15, 0.2) is 59.5 Å². The van der Waals surface area contributed by atoms with Gasteiger partial charge < -0.3 is 9.64 Å². The minimum absolute atomic E-state index is 0.0953. The maximum atomic E-state index is 12.9. The number of benzene rings is 2. The average molecular weight is 360 g/mol. The minimum Gasteiger partial charge on any atom is -0.378 e. The molecule has 0 saturated carbocycles. The predicted octanol–water partition coefficient (Wildman–Crippen LogP) is 1.98. The summed E-state index contributed by atoms with van der Waals surface area (Å²) in [7, 11) is -2.24. The summed E-state index contributed by atoms with van der Waals surface area (Å²) in [6, 6.07) is 15.0. The van der Waals surface area contributed by atoms with Crippen molar-refractivity contribution in [3.63, 3.8) is 0 Å². The van der Waals surface area contributed by atoms with Crippen molar-refractivity contribution in [2.75, 3.05) is 37.7 Å². The molecular formula is C18H20N2O4S. The predicted molar refractivity (Wildman–Crippen MR) is 95.2 cm³/mol. The van der Waals surface area contributed by atoms with Crippen LogP contribution < -0.4 is 4.31 Å². The Balaban J connectivity index is 1.88. The molecule has 2 aromatic carbocycles. The normalized spacial score (nSPS) is 15.0. The number of hydrogen-bond acceptors (Lipinski definition) is 4. The number of para-hydroxylation sites is 1. The van der Waals surface area contributed by atoms with E-state index in [0.717, 1.165) is 0 Å². The van der Waals surface area contributed by atoms with Gasteiger partial charge in [-0.3, -0.25) is 9.10 Å². The van der Waals surface area contributed by atoms with E-state index in [0.29, 0.717) is 37.6 Å². The minimum atomic E-state index is -3.74. The van der Waals surface area contributed by atoms with Crippen LogP contribution in [0.2, 0.25) is 0 Å². The van der Waals surface area contributed by atoms with E-state index < -0.39 is 10.0 Å². The fraction of sp³-hybridized carbons (Fsp3) is 0.278. The zero-order valence-electron chi connectivity index (χ0n) is 14.0. The summed E-state index contributed by atoms with van der Waals surface area (Å²) in [6.45, 7) is 2.03. The maximum Gasteiger partial charge on any atom is 0.264 e. The Morgan fingerprint density at radius 1 is 1.04 bits per heavy atom. The summed E-state index contributed by atoms with van der Waals surface area (Å²) < 4.78 is 32.2. The molecule has 3 rings (SSSR count). The molecule has 132 valence electrons. The van der Waals surface area contributed by atoms with E-state index in [-0.39, 0.29) is 10.8 Å².